The second-order valence-electron chi connectivity index (χ2n) is 5.49. The molecule has 0 saturated carbocycles. The molecule has 0 amide bonds. The van der Waals surface area contributed by atoms with Crippen molar-refractivity contribution in [3.05, 3.63) is 45.8 Å². The van der Waals surface area contributed by atoms with Crippen molar-refractivity contribution in [3.63, 3.8) is 0 Å². The van der Waals surface area contributed by atoms with Crippen molar-refractivity contribution in [1.29, 1.82) is 0 Å². The van der Waals surface area contributed by atoms with Gasteiger partial charge in [0.25, 0.3) is 18.4 Å². The van der Waals surface area contributed by atoms with Gasteiger partial charge in [-0.1, -0.05) is 37.2 Å². The van der Waals surface area contributed by atoms with E-state index in [1.807, 2.05) is 20.4 Å². The minimum absolute atomic E-state index is 0.124. The Labute approximate surface area is 142 Å². The molecule has 0 aliphatic heterocycles. The maximum absolute atomic E-state index is 12.5. The van der Waals surface area contributed by atoms with E-state index in [2.05, 4.69) is 10.0 Å². The van der Waals surface area contributed by atoms with Crippen molar-refractivity contribution in [1.82, 2.24) is 0 Å². The van der Waals surface area contributed by atoms with Crippen molar-refractivity contribution in [3.8, 4) is 0 Å². The highest BCUT2D eigenvalue weighted by molar-refractivity contribution is 7.86. The van der Waals surface area contributed by atoms with Crippen LogP contribution in [0.3, 0.4) is 0 Å². The molecule has 0 aliphatic carbocycles. The number of benzene rings is 1. The quantitative estimate of drug-likeness (QED) is 0.227. The second-order valence-corrected chi connectivity index (χ2v) is 11.6. The maximum Gasteiger partial charge on any atom is 0.325 e. The van der Waals surface area contributed by atoms with E-state index in [0.717, 1.165) is 18.3 Å². The molecule has 0 heterocycles. The van der Waals surface area contributed by atoms with Crippen LogP contribution in [0.5, 0.6) is 0 Å². The van der Waals surface area contributed by atoms with Gasteiger partial charge in [0, 0.05) is 10.5 Å². The number of azide groups is 1. The molecular formula is C14H21N3O5SSi. The Morgan fingerprint density at radius 3 is 2.42 bits per heavy atom. The molecule has 1 unspecified atom stereocenters. The third-order valence-electron chi connectivity index (χ3n) is 3.70. The monoisotopic (exact) mass is 371 g/mol. The summed E-state index contributed by atoms with van der Waals surface area (Å²) in [6.07, 6.45) is -0.628. The average molecular weight is 371 g/mol. The Hall–Kier alpha value is -1.87. The first-order valence-corrected chi connectivity index (χ1v) is 12.0. The van der Waals surface area contributed by atoms with Crippen molar-refractivity contribution in [2.24, 2.45) is 5.11 Å². The van der Waals surface area contributed by atoms with Gasteiger partial charge in [0.2, 0.25) is 0 Å². The van der Waals surface area contributed by atoms with E-state index in [9.17, 15) is 13.2 Å². The molecule has 0 aromatic heterocycles. The van der Waals surface area contributed by atoms with E-state index in [0.29, 0.717) is 0 Å². The Balaban J connectivity index is 3.27. The van der Waals surface area contributed by atoms with Crippen LogP contribution in [0.2, 0.25) is 18.6 Å². The van der Waals surface area contributed by atoms with E-state index in [1.165, 1.54) is 12.1 Å². The summed E-state index contributed by atoms with van der Waals surface area (Å²) >= 11 is 0. The van der Waals surface area contributed by atoms with Crippen LogP contribution >= 0.6 is 0 Å². The molecule has 8 nitrogen and oxygen atoms in total. The van der Waals surface area contributed by atoms with Crippen LogP contribution in [-0.4, -0.2) is 29.0 Å². The predicted molar refractivity (Wildman–Crippen MR) is 92.3 cm³/mol. The SMILES string of the molecule is CC[Si](C)(CC)OC(=O)c1ccccc1C(N=[N+]=[N-])OS(C)(=O)=O. The Bertz CT molecular complexity index is 743. The van der Waals surface area contributed by atoms with Crippen LogP contribution in [0.15, 0.2) is 29.4 Å². The lowest BCUT2D eigenvalue weighted by atomic mass is 10.1. The molecule has 1 aromatic rings. The minimum Gasteiger partial charge on any atom is -0.516 e. The van der Waals surface area contributed by atoms with Crippen LogP contribution in [0.4, 0.5) is 0 Å². The minimum atomic E-state index is -3.89. The predicted octanol–water partition coefficient (Wildman–Crippen LogP) is 3.74. The number of hydrogen-bond donors (Lipinski definition) is 0. The Kier molecular flexibility index (Phi) is 6.97. The zero-order valence-electron chi connectivity index (χ0n) is 14.1. The highest BCUT2D eigenvalue weighted by Gasteiger charge is 2.31. The fraction of sp³-hybridized carbons (Fsp3) is 0.500. The van der Waals surface area contributed by atoms with E-state index >= 15 is 0 Å². The lowest BCUT2D eigenvalue weighted by molar-refractivity contribution is 0.0714. The fourth-order valence-electron chi connectivity index (χ4n) is 1.92. The fourth-order valence-corrected chi connectivity index (χ4v) is 3.74. The largest absolute Gasteiger partial charge is 0.516 e. The van der Waals surface area contributed by atoms with Gasteiger partial charge in [0.15, 0.2) is 6.23 Å². The standard InChI is InChI=1S/C14H21N3O5SSi/c1-5-24(4,6-2)22-14(18)12-10-8-7-9-11(12)13(16-17-15)21-23(3,19)20/h7-10,13H,5-6H2,1-4H3. The molecule has 0 fully saturated rings. The summed E-state index contributed by atoms with van der Waals surface area (Å²) in [7, 11) is -6.07. The number of carbonyl (C=O) groups is 1. The lowest BCUT2D eigenvalue weighted by Crippen LogP contribution is -2.35. The normalized spacial score (nSPS) is 13.0. The molecule has 24 heavy (non-hydrogen) atoms. The molecule has 1 rings (SSSR count). The van der Waals surface area contributed by atoms with Crippen LogP contribution in [-0.2, 0) is 18.7 Å². The first-order valence-electron chi connectivity index (χ1n) is 7.40. The smallest absolute Gasteiger partial charge is 0.325 e. The molecule has 0 spiro atoms. The summed E-state index contributed by atoms with van der Waals surface area (Å²) < 4.78 is 33.2. The molecule has 10 heteroatoms. The van der Waals surface area contributed by atoms with Gasteiger partial charge in [0.1, 0.15) is 0 Å². The average Bonchev–Trinajstić information content (AvgIpc) is 2.53. The third-order valence-corrected chi connectivity index (χ3v) is 7.91. The molecule has 0 saturated heterocycles. The highest BCUT2D eigenvalue weighted by Crippen LogP contribution is 2.27. The van der Waals surface area contributed by atoms with Crippen LogP contribution in [0.1, 0.15) is 36.0 Å². The number of rotatable bonds is 8. The van der Waals surface area contributed by atoms with Crippen LogP contribution < -0.4 is 0 Å². The van der Waals surface area contributed by atoms with Gasteiger partial charge in [-0.3, -0.25) is 4.18 Å². The van der Waals surface area contributed by atoms with Crippen molar-refractivity contribution in [2.75, 3.05) is 6.26 Å². The first-order chi connectivity index (χ1) is 11.2. The van der Waals surface area contributed by atoms with E-state index < -0.39 is 30.6 Å². The molecule has 0 N–H and O–H groups in total. The van der Waals surface area contributed by atoms with Crippen LogP contribution in [0.25, 0.3) is 10.4 Å². The Morgan fingerprint density at radius 2 is 1.92 bits per heavy atom. The van der Waals surface area contributed by atoms with Crippen molar-refractivity contribution in [2.45, 2.75) is 38.7 Å². The van der Waals surface area contributed by atoms with E-state index in [1.54, 1.807) is 12.1 Å². The Morgan fingerprint density at radius 1 is 1.33 bits per heavy atom. The van der Waals surface area contributed by atoms with Crippen molar-refractivity contribution >= 4 is 24.4 Å². The lowest BCUT2D eigenvalue weighted by Gasteiger charge is -2.25. The first kappa shape index (κ1) is 20.2. The zero-order valence-corrected chi connectivity index (χ0v) is 15.9. The molecular weight excluding hydrogens is 350 g/mol. The summed E-state index contributed by atoms with van der Waals surface area (Å²) in [6.45, 7) is 5.88. The summed E-state index contributed by atoms with van der Waals surface area (Å²) in [6, 6.07) is 7.69. The van der Waals surface area contributed by atoms with Gasteiger partial charge in [0.05, 0.1) is 11.8 Å². The maximum atomic E-state index is 12.5. The van der Waals surface area contributed by atoms with Gasteiger partial charge >= 0.3 is 5.97 Å². The summed E-state index contributed by atoms with van der Waals surface area (Å²) in [5.74, 6) is -0.571. The molecule has 132 valence electrons. The molecule has 0 aliphatic rings. The van der Waals surface area contributed by atoms with E-state index in [-0.39, 0.29) is 11.1 Å². The van der Waals surface area contributed by atoms with E-state index in [4.69, 9.17) is 14.1 Å². The molecule has 0 radical (unpaired) electrons. The van der Waals surface area contributed by atoms with Gasteiger partial charge in [-0.2, -0.15) is 8.42 Å². The van der Waals surface area contributed by atoms with Crippen molar-refractivity contribution < 1.29 is 21.8 Å². The summed E-state index contributed by atoms with van der Waals surface area (Å²) in [4.78, 5) is 15.1. The van der Waals surface area contributed by atoms with Gasteiger partial charge in [-0.15, -0.1) is 0 Å². The molecule has 1 atom stereocenters. The third kappa shape index (κ3) is 5.64. The number of hydrogen-bond acceptors (Lipinski definition) is 6. The zero-order chi connectivity index (χ0) is 18.4. The van der Waals surface area contributed by atoms with Gasteiger partial charge in [-0.05, 0) is 30.2 Å². The molecule has 0 bridgehead atoms. The number of nitrogens with zero attached hydrogens (tertiary/aromatic N) is 3. The second kappa shape index (κ2) is 8.29. The van der Waals surface area contributed by atoms with Gasteiger partial charge in [-0.25, -0.2) is 4.79 Å². The molecule has 1 aromatic carbocycles. The topological polar surface area (TPSA) is 118 Å². The highest BCUT2D eigenvalue weighted by atomic mass is 32.2. The summed E-state index contributed by atoms with van der Waals surface area (Å²) in [5, 5.41) is 3.34. The van der Waals surface area contributed by atoms with Crippen LogP contribution in [0, 0.1) is 0 Å². The van der Waals surface area contributed by atoms with Gasteiger partial charge < -0.3 is 4.43 Å². The number of carbonyl (C=O) groups excluding carboxylic acids is 1. The summed E-state index contributed by atoms with van der Waals surface area (Å²) in [5.41, 5.74) is 8.93.